The molecular formula is C8H13O2. The number of hydrogen-bond donors (Lipinski definition) is 0. The lowest BCUT2D eigenvalue weighted by Gasteiger charge is -1.98. The summed E-state index contributed by atoms with van der Waals surface area (Å²) in [6, 6.07) is 0. The first kappa shape index (κ1) is 9.21. The first-order valence-electron chi connectivity index (χ1n) is 3.37. The van der Waals surface area contributed by atoms with Crippen LogP contribution in [0, 0.1) is 6.92 Å². The fourth-order valence-corrected chi connectivity index (χ4v) is 0.493. The first-order valence-corrected chi connectivity index (χ1v) is 3.37. The average Bonchev–Trinajstić information content (AvgIpc) is 1.97. The Labute approximate surface area is 61.9 Å². The molecule has 0 aromatic rings. The van der Waals surface area contributed by atoms with Crippen molar-refractivity contribution in [2.24, 2.45) is 0 Å². The van der Waals surface area contributed by atoms with Gasteiger partial charge in [-0.3, -0.25) is 4.79 Å². The Hall–Kier alpha value is -0.790. The van der Waals surface area contributed by atoms with Gasteiger partial charge in [0.25, 0.3) is 0 Å². The average molecular weight is 141 g/mol. The van der Waals surface area contributed by atoms with Crippen LogP contribution < -0.4 is 0 Å². The van der Waals surface area contributed by atoms with E-state index in [0.29, 0.717) is 13.0 Å². The second-order valence-electron chi connectivity index (χ2n) is 1.93. The molecule has 0 spiro atoms. The number of carbonyl (C=O) groups excluding carboxylic acids is 1. The van der Waals surface area contributed by atoms with E-state index in [9.17, 15) is 4.79 Å². The Balaban J connectivity index is 3.16. The molecular weight excluding hydrogens is 128 g/mol. The molecule has 0 aliphatic carbocycles. The number of ether oxygens (including phenoxy) is 1. The molecule has 0 heterocycles. The van der Waals surface area contributed by atoms with Gasteiger partial charge in [0.2, 0.25) is 0 Å². The third kappa shape index (κ3) is 5.35. The molecule has 0 saturated carbocycles. The summed E-state index contributed by atoms with van der Waals surface area (Å²) in [4.78, 5) is 10.7. The molecule has 0 aromatic heterocycles. The molecule has 0 fully saturated rings. The lowest BCUT2D eigenvalue weighted by atomic mass is 10.2. The third-order valence-corrected chi connectivity index (χ3v) is 0.993. The van der Waals surface area contributed by atoms with Gasteiger partial charge in [0.1, 0.15) is 6.61 Å². The molecule has 0 amide bonds. The van der Waals surface area contributed by atoms with E-state index in [-0.39, 0.29) is 5.97 Å². The second-order valence-corrected chi connectivity index (χ2v) is 1.93. The summed E-state index contributed by atoms with van der Waals surface area (Å²) >= 11 is 0. The number of carbonyl (C=O) groups is 1. The highest BCUT2D eigenvalue weighted by Crippen LogP contribution is 1.95. The molecule has 0 aliphatic heterocycles. The summed E-state index contributed by atoms with van der Waals surface area (Å²) in [7, 11) is 0. The summed E-state index contributed by atoms with van der Waals surface area (Å²) < 4.78 is 4.71. The normalized spacial score (nSPS) is 8.90. The number of hydrogen-bond acceptors (Lipinski definition) is 2. The van der Waals surface area contributed by atoms with Crippen LogP contribution in [-0.4, -0.2) is 12.6 Å². The molecule has 57 valence electrons. The van der Waals surface area contributed by atoms with Crippen LogP contribution in [0.2, 0.25) is 0 Å². The lowest BCUT2D eigenvalue weighted by Crippen LogP contribution is -2.03. The van der Waals surface area contributed by atoms with Crippen molar-refractivity contribution in [2.75, 3.05) is 6.61 Å². The van der Waals surface area contributed by atoms with Gasteiger partial charge in [-0.15, -0.1) is 0 Å². The highest BCUT2D eigenvalue weighted by Gasteiger charge is 1.98. The zero-order valence-electron chi connectivity index (χ0n) is 6.14. The number of rotatable bonds is 5. The van der Waals surface area contributed by atoms with Crippen molar-refractivity contribution in [1.82, 2.24) is 0 Å². The molecule has 0 saturated heterocycles. The van der Waals surface area contributed by atoms with Crippen LogP contribution in [0.15, 0.2) is 12.7 Å². The first-order chi connectivity index (χ1) is 4.81. The van der Waals surface area contributed by atoms with Crippen LogP contribution in [-0.2, 0) is 9.53 Å². The van der Waals surface area contributed by atoms with Gasteiger partial charge in [0, 0.05) is 6.42 Å². The molecule has 0 aromatic carbocycles. The quantitative estimate of drug-likeness (QED) is 0.430. The van der Waals surface area contributed by atoms with E-state index in [4.69, 9.17) is 4.74 Å². The molecule has 0 unspecified atom stereocenters. The van der Waals surface area contributed by atoms with Gasteiger partial charge in [0.05, 0.1) is 0 Å². The zero-order chi connectivity index (χ0) is 7.82. The maximum Gasteiger partial charge on any atom is 0.306 e. The summed E-state index contributed by atoms with van der Waals surface area (Å²) in [5, 5.41) is 0. The highest BCUT2D eigenvalue weighted by atomic mass is 16.5. The molecule has 0 rings (SSSR count). The van der Waals surface area contributed by atoms with Gasteiger partial charge in [0.15, 0.2) is 0 Å². The van der Waals surface area contributed by atoms with Crippen molar-refractivity contribution >= 4 is 5.97 Å². The number of unbranched alkanes of at least 4 members (excludes halogenated alkanes) is 1. The van der Waals surface area contributed by atoms with Gasteiger partial charge in [-0.1, -0.05) is 26.0 Å². The molecule has 2 nitrogen and oxygen atoms in total. The van der Waals surface area contributed by atoms with E-state index >= 15 is 0 Å². The minimum atomic E-state index is -0.163. The fraction of sp³-hybridized carbons (Fsp3) is 0.500. The Bertz CT molecular complexity index is 108. The van der Waals surface area contributed by atoms with Crippen molar-refractivity contribution in [3.05, 3.63) is 19.6 Å². The Morgan fingerprint density at radius 1 is 1.60 bits per heavy atom. The van der Waals surface area contributed by atoms with Crippen molar-refractivity contribution in [3.8, 4) is 0 Å². The summed E-state index contributed by atoms with van der Waals surface area (Å²) in [6.07, 6.45) is 3.61. The second kappa shape index (κ2) is 6.33. The van der Waals surface area contributed by atoms with Crippen molar-refractivity contribution in [2.45, 2.75) is 19.3 Å². The summed E-state index contributed by atoms with van der Waals surface area (Å²) in [6.45, 7) is 7.35. The SMILES string of the molecule is [CH2]CCCC(=O)OCC=C. The molecule has 2 heteroatoms. The molecule has 0 aliphatic rings. The van der Waals surface area contributed by atoms with Gasteiger partial charge in [-0.05, 0) is 6.42 Å². The minimum Gasteiger partial charge on any atom is -0.461 e. The molecule has 1 radical (unpaired) electrons. The zero-order valence-corrected chi connectivity index (χ0v) is 6.14. The van der Waals surface area contributed by atoms with Crippen molar-refractivity contribution in [3.63, 3.8) is 0 Å². The summed E-state index contributed by atoms with van der Waals surface area (Å²) in [5.41, 5.74) is 0. The van der Waals surface area contributed by atoms with Gasteiger partial charge < -0.3 is 4.74 Å². The van der Waals surface area contributed by atoms with Crippen LogP contribution >= 0.6 is 0 Å². The molecule has 10 heavy (non-hydrogen) atoms. The largest absolute Gasteiger partial charge is 0.461 e. The van der Waals surface area contributed by atoms with E-state index in [1.165, 1.54) is 0 Å². The van der Waals surface area contributed by atoms with Gasteiger partial charge >= 0.3 is 5.97 Å². The van der Waals surface area contributed by atoms with Crippen LogP contribution in [0.25, 0.3) is 0 Å². The van der Waals surface area contributed by atoms with Crippen LogP contribution in [0.1, 0.15) is 19.3 Å². The standard InChI is InChI=1S/C8H13O2/c1-3-5-6-8(9)10-7-4-2/h4H,1-3,5-7H2. The third-order valence-electron chi connectivity index (χ3n) is 0.993. The van der Waals surface area contributed by atoms with E-state index in [2.05, 4.69) is 13.5 Å². The van der Waals surface area contributed by atoms with Crippen molar-refractivity contribution in [1.29, 1.82) is 0 Å². The monoisotopic (exact) mass is 141 g/mol. The predicted molar refractivity (Wildman–Crippen MR) is 40.4 cm³/mol. The minimum absolute atomic E-state index is 0.163. The number of esters is 1. The Morgan fingerprint density at radius 2 is 2.30 bits per heavy atom. The van der Waals surface area contributed by atoms with E-state index in [1.807, 2.05) is 0 Å². The van der Waals surface area contributed by atoms with Gasteiger partial charge in [-0.25, -0.2) is 0 Å². The molecule has 0 N–H and O–H groups in total. The van der Waals surface area contributed by atoms with E-state index in [0.717, 1.165) is 12.8 Å². The lowest BCUT2D eigenvalue weighted by molar-refractivity contribution is -0.142. The fourth-order valence-electron chi connectivity index (χ4n) is 0.493. The predicted octanol–water partition coefficient (Wildman–Crippen LogP) is 1.72. The maximum atomic E-state index is 10.7. The van der Waals surface area contributed by atoms with Crippen molar-refractivity contribution < 1.29 is 9.53 Å². The smallest absolute Gasteiger partial charge is 0.306 e. The van der Waals surface area contributed by atoms with Crippen LogP contribution in [0.5, 0.6) is 0 Å². The highest BCUT2D eigenvalue weighted by molar-refractivity contribution is 5.69. The van der Waals surface area contributed by atoms with E-state index < -0.39 is 0 Å². The Morgan fingerprint density at radius 3 is 2.80 bits per heavy atom. The van der Waals surface area contributed by atoms with Crippen LogP contribution in [0.3, 0.4) is 0 Å². The van der Waals surface area contributed by atoms with Crippen LogP contribution in [0.4, 0.5) is 0 Å². The van der Waals surface area contributed by atoms with Gasteiger partial charge in [-0.2, -0.15) is 0 Å². The molecule has 0 atom stereocenters. The van der Waals surface area contributed by atoms with E-state index in [1.54, 1.807) is 6.08 Å². The Kier molecular flexibility index (Phi) is 5.83. The molecule has 0 bridgehead atoms. The maximum absolute atomic E-state index is 10.7. The summed E-state index contributed by atoms with van der Waals surface area (Å²) in [5.74, 6) is -0.163. The topological polar surface area (TPSA) is 26.3 Å².